The van der Waals surface area contributed by atoms with Crippen LogP contribution >= 0.6 is 35.6 Å². The third kappa shape index (κ3) is 4.72. The van der Waals surface area contributed by atoms with Crippen molar-refractivity contribution in [3.05, 3.63) is 58.0 Å². The van der Waals surface area contributed by atoms with Crippen molar-refractivity contribution >= 4 is 63.5 Å². The minimum atomic E-state index is -0.533. The van der Waals surface area contributed by atoms with Crippen LogP contribution in [-0.2, 0) is 14.3 Å². The maximum atomic E-state index is 13.0. The molecule has 0 atom stereocenters. The molecule has 29 heavy (non-hydrogen) atoms. The molecule has 9 heteroatoms. The minimum absolute atomic E-state index is 0.274. The Labute approximate surface area is 182 Å². The Morgan fingerprint density at radius 3 is 2.69 bits per heavy atom. The van der Waals surface area contributed by atoms with Gasteiger partial charge in [-0.3, -0.25) is 9.69 Å². The van der Waals surface area contributed by atoms with Crippen molar-refractivity contribution in [3.63, 3.8) is 0 Å². The molecule has 0 bridgehead atoms. The first-order valence-corrected chi connectivity index (χ1v) is 9.95. The minimum Gasteiger partial charge on any atom is -0.493 e. The van der Waals surface area contributed by atoms with E-state index in [4.69, 9.17) is 33.3 Å². The number of thiocarbonyl (C=S) groups is 1. The molecule has 3 rings (SSSR count). The van der Waals surface area contributed by atoms with E-state index in [-0.39, 0.29) is 12.5 Å². The number of esters is 1. The molecule has 2 aromatic carbocycles. The Balaban J connectivity index is 1.95. The Bertz CT molecular complexity index is 1010. The smallest absolute Gasteiger partial charge is 0.343 e. The lowest BCUT2D eigenvalue weighted by atomic mass is 10.1. The van der Waals surface area contributed by atoms with Gasteiger partial charge in [-0.15, -0.1) is 0 Å². The van der Waals surface area contributed by atoms with Crippen molar-refractivity contribution in [3.8, 4) is 11.5 Å². The van der Waals surface area contributed by atoms with Crippen LogP contribution in [0.5, 0.6) is 11.5 Å². The summed E-state index contributed by atoms with van der Waals surface area (Å²) in [7, 11) is 2.76. The number of rotatable bonds is 6. The predicted octanol–water partition coefficient (Wildman–Crippen LogP) is 4.31. The predicted molar refractivity (Wildman–Crippen MR) is 118 cm³/mol. The van der Waals surface area contributed by atoms with E-state index in [2.05, 4.69) is 4.74 Å². The molecular weight excluding hydrogens is 434 g/mol. The van der Waals surface area contributed by atoms with Gasteiger partial charge < -0.3 is 14.2 Å². The summed E-state index contributed by atoms with van der Waals surface area (Å²) in [6.45, 7) is -0.290. The quantitative estimate of drug-likeness (QED) is 0.370. The lowest BCUT2D eigenvalue weighted by Gasteiger charge is -2.14. The Morgan fingerprint density at radius 1 is 1.24 bits per heavy atom. The third-order valence-corrected chi connectivity index (χ3v) is 5.48. The van der Waals surface area contributed by atoms with Gasteiger partial charge in [0.1, 0.15) is 0 Å². The van der Waals surface area contributed by atoms with E-state index in [1.807, 2.05) is 0 Å². The van der Waals surface area contributed by atoms with E-state index in [9.17, 15) is 9.59 Å². The fraction of sp³-hybridized carbons (Fsp3) is 0.150. The molecule has 1 heterocycles. The van der Waals surface area contributed by atoms with Crippen LogP contribution in [0, 0.1) is 0 Å². The molecule has 0 aliphatic carbocycles. The summed E-state index contributed by atoms with van der Waals surface area (Å²) in [6, 6.07) is 12.1. The molecular formula is C20H16ClNO5S2. The van der Waals surface area contributed by atoms with Crippen LogP contribution in [-0.4, -0.2) is 37.0 Å². The van der Waals surface area contributed by atoms with Gasteiger partial charge in [-0.25, -0.2) is 4.79 Å². The number of anilines is 1. The highest BCUT2D eigenvalue weighted by molar-refractivity contribution is 8.27. The fourth-order valence-electron chi connectivity index (χ4n) is 2.60. The zero-order valence-corrected chi connectivity index (χ0v) is 17.9. The van der Waals surface area contributed by atoms with E-state index >= 15 is 0 Å². The Hall–Kier alpha value is -2.55. The second-order valence-electron chi connectivity index (χ2n) is 5.74. The highest BCUT2D eigenvalue weighted by Gasteiger charge is 2.33. The summed E-state index contributed by atoms with van der Waals surface area (Å²) < 4.78 is 15.9. The number of halogens is 1. The molecule has 0 radical (unpaired) electrons. The number of para-hydroxylation sites is 1. The molecule has 1 fully saturated rings. The zero-order chi connectivity index (χ0) is 21.0. The molecule has 1 saturated heterocycles. The highest BCUT2D eigenvalue weighted by Crippen LogP contribution is 2.39. The van der Waals surface area contributed by atoms with Crippen LogP contribution in [0.3, 0.4) is 0 Å². The molecule has 1 aliphatic heterocycles. The van der Waals surface area contributed by atoms with Crippen molar-refractivity contribution < 1.29 is 23.8 Å². The van der Waals surface area contributed by atoms with E-state index in [0.717, 1.165) is 0 Å². The standard InChI is InChI=1S/C20H16ClNO5S2/c1-25-15-8-3-5-12(18(15)27-11-17(23)26-2)9-16-19(24)22(20(28)29-16)14-7-4-6-13(21)10-14/h3-10H,11H2,1-2H3/b16-9-. The normalized spacial score (nSPS) is 15.0. The molecule has 6 nitrogen and oxygen atoms in total. The number of ether oxygens (including phenoxy) is 3. The van der Waals surface area contributed by atoms with Crippen molar-refractivity contribution in [1.82, 2.24) is 0 Å². The number of nitrogens with zero attached hydrogens (tertiary/aromatic N) is 1. The molecule has 1 amide bonds. The summed E-state index contributed by atoms with van der Waals surface area (Å²) in [5, 5.41) is 0.506. The van der Waals surface area contributed by atoms with Gasteiger partial charge in [-0.1, -0.05) is 53.8 Å². The maximum Gasteiger partial charge on any atom is 0.343 e. The first-order chi connectivity index (χ1) is 13.9. The number of carbonyl (C=O) groups is 2. The second-order valence-corrected chi connectivity index (χ2v) is 7.85. The van der Waals surface area contributed by atoms with Crippen LogP contribution in [0.1, 0.15) is 5.56 Å². The molecule has 0 aromatic heterocycles. The lowest BCUT2D eigenvalue weighted by Crippen LogP contribution is -2.27. The number of benzene rings is 2. The molecule has 150 valence electrons. The van der Waals surface area contributed by atoms with Crippen LogP contribution in [0.4, 0.5) is 5.69 Å². The van der Waals surface area contributed by atoms with Gasteiger partial charge in [0.05, 0.1) is 24.8 Å². The van der Waals surface area contributed by atoms with Gasteiger partial charge in [0, 0.05) is 10.6 Å². The number of hydrogen-bond donors (Lipinski definition) is 0. The SMILES string of the molecule is COC(=O)COc1c(/C=C2\SC(=S)N(c3cccc(Cl)c3)C2=O)cccc1OC. The van der Waals surface area contributed by atoms with Crippen molar-refractivity contribution in [2.24, 2.45) is 0 Å². The summed E-state index contributed by atoms with van der Waals surface area (Å²) >= 11 is 12.6. The van der Waals surface area contributed by atoms with Gasteiger partial charge in [0.15, 0.2) is 22.4 Å². The van der Waals surface area contributed by atoms with E-state index < -0.39 is 5.97 Å². The highest BCUT2D eigenvalue weighted by atomic mass is 35.5. The summed E-state index contributed by atoms with van der Waals surface area (Å²) in [4.78, 5) is 26.3. The van der Waals surface area contributed by atoms with E-state index in [0.29, 0.717) is 37.0 Å². The van der Waals surface area contributed by atoms with Gasteiger partial charge in [0.2, 0.25) is 0 Å². The summed E-state index contributed by atoms with van der Waals surface area (Å²) in [5.41, 5.74) is 1.16. The Morgan fingerprint density at radius 2 is 2.00 bits per heavy atom. The number of thioether (sulfide) groups is 1. The van der Waals surface area contributed by atoms with Crippen LogP contribution in [0.15, 0.2) is 47.4 Å². The lowest BCUT2D eigenvalue weighted by molar-refractivity contribution is -0.142. The number of amides is 1. The van der Waals surface area contributed by atoms with E-state index in [1.54, 1.807) is 48.5 Å². The third-order valence-electron chi connectivity index (χ3n) is 3.94. The van der Waals surface area contributed by atoms with Crippen LogP contribution in [0.2, 0.25) is 5.02 Å². The molecule has 1 aliphatic rings. The Kier molecular flexibility index (Phi) is 6.79. The summed E-state index contributed by atoms with van der Waals surface area (Å²) in [5.74, 6) is -0.0560. The monoisotopic (exact) mass is 449 g/mol. The molecule has 0 saturated carbocycles. The number of carbonyl (C=O) groups excluding carboxylic acids is 2. The number of methoxy groups -OCH3 is 2. The average Bonchev–Trinajstić information content (AvgIpc) is 2.99. The largest absolute Gasteiger partial charge is 0.493 e. The van der Waals surface area contributed by atoms with Gasteiger partial charge in [0.25, 0.3) is 5.91 Å². The topological polar surface area (TPSA) is 65.1 Å². The van der Waals surface area contributed by atoms with Crippen molar-refractivity contribution in [1.29, 1.82) is 0 Å². The number of hydrogen-bond acceptors (Lipinski definition) is 7. The first-order valence-electron chi connectivity index (χ1n) is 8.34. The van der Waals surface area contributed by atoms with Gasteiger partial charge >= 0.3 is 5.97 Å². The van der Waals surface area contributed by atoms with Crippen LogP contribution in [0.25, 0.3) is 6.08 Å². The van der Waals surface area contributed by atoms with Gasteiger partial charge in [-0.2, -0.15) is 0 Å². The first kappa shape index (κ1) is 21.2. The maximum absolute atomic E-state index is 13.0. The fourth-order valence-corrected chi connectivity index (χ4v) is 4.07. The zero-order valence-electron chi connectivity index (χ0n) is 15.5. The molecule has 2 aromatic rings. The average molecular weight is 450 g/mol. The summed E-state index contributed by atoms with van der Waals surface area (Å²) in [6.07, 6.45) is 1.65. The molecule has 0 N–H and O–H groups in total. The molecule has 0 spiro atoms. The van der Waals surface area contributed by atoms with Crippen molar-refractivity contribution in [2.75, 3.05) is 25.7 Å². The van der Waals surface area contributed by atoms with Gasteiger partial charge in [-0.05, 0) is 30.3 Å². The van der Waals surface area contributed by atoms with E-state index in [1.165, 1.54) is 30.9 Å². The van der Waals surface area contributed by atoms with Crippen molar-refractivity contribution in [2.45, 2.75) is 0 Å². The van der Waals surface area contributed by atoms with Crippen LogP contribution < -0.4 is 14.4 Å². The second kappa shape index (κ2) is 9.30. The molecule has 0 unspecified atom stereocenters.